The van der Waals surface area contributed by atoms with Gasteiger partial charge in [0.2, 0.25) is 0 Å². The first kappa shape index (κ1) is 11.4. The molecule has 0 atom stereocenters. The van der Waals surface area contributed by atoms with Crippen molar-refractivity contribution in [2.24, 2.45) is 0 Å². The van der Waals surface area contributed by atoms with Gasteiger partial charge in [0.15, 0.2) is 0 Å². The lowest BCUT2D eigenvalue weighted by Gasteiger charge is -2.10. The van der Waals surface area contributed by atoms with Gasteiger partial charge in [-0.05, 0) is 6.07 Å². The second-order valence-corrected chi connectivity index (χ2v) is 2.61. The van der Waals surface area contributed by atoms with E-state index in [2.05, 4.69) is 0 Å². The summed E-state index contributed by atoms with van der Waals surface area (Å²) < 4.78 is 61.8. The molecule has 0 radical (unpaired) electrons. The topological polar surface area (TPSA) is 37.3 Å². The fourth-order valence-corrected chi connectivity index (χ4v) is 1.01. The van der Waals surface area contributed by atoms with Gasteiger partial charge in [-0.2, -0.15) is 13.2 Å². The van der Waals surface area contributed by atoms with Crippen molar-refractivity contribution in [3.05, 3.63) is 34.9 Å². The zero-order valence-corrected chi connectivity index (χ0v) is 6.90. The van der Waals surface area contributed by atoms with Crippen LogP contribution in [0.4, 0.5) is 22.0 Å². The summed E-state index contributed by atoms with van der Waals surface area (Å²) in [6, 6.07) is 0.0191. The molecular weight excluding hydrogens is 223 g/mol. The fourth-order valence-electron chi connectivity index (χ4n) is 1.01. The Bertz CT molecular complexity index is 410. The fraction of sp³-hybridized carbons (Fsp3) is 0.125. The number of benzene rings is 1. The minimum atomic E-state index is -5.11. The van der Waals surface area contributed by atoms with Crippen LogP contribution in [0.25, 0.3) is 0 Å². The third-order valence-electron chi connectivity index (χ3n) is 1.57. The molecule has 0 unspecified atom stereocenters. The standard InChI is InChI=1S/C8H3F5O2/c9-3-1-4(8(11,12)13)6(7(14)15)5(10)2-3/h1-2H,(H,14,15). The van der Waals surface area contributed by atoms with E-state index < -0.39 is 34.9 Å². The van der Waals surface area contributed by atoms with Crippen molar-refractivity contribution in [3.63, 3.8) is 0 Å². The molecule has 0 spiro atoms. The third kappa shape index (κ3) is 2.23. The number of rotatable bonds is 1. The van der Waals surface area contributed by atoms with Gasteiger partial charge < -0.3 is 5.11 Å². The molecule has 0 bridgehead atoms. The summed E-state index contributed by atoms with van der Waals surface area (Å²) >= 11 is 0. The highest BCUT2D eigenvalue weighted by molar-refractivity contribution is 5.90. The van der Waals surface area contributed by atoms with Crippen LogP contribution >= 0.6 is 0 Å². The van der Waals surface area contributed by atoms with E-state index in [1.54, 1.807) is 0 Å². The van der Waals surface area contributed by atoms with Crippen molar-refractivity contribution in [1.82, 2.24) is 0 Å². The molecule has 1 aromatic rings. The number of aromatic carboxylic acids is 1. The van der Waals surface area contributed by atoms with E-state index in [0.717, 1.165) is 0 Å². The van der Waals surface area contributed by atoms with Gasteiger partial charge in [-0.25, -0.2) is 13.6 Å². The molecule has 0 aliphatic rings. The average Bonchev–Trinajstić information content (AvgIpc) is 1.99. The van der Waals surface area contributed by atoms with Gasteiger partial charge in [0.05, 0.1) is 5.56 Å². The average molecular weight is 226 g/mol. The summed E-state index contributed by atoms with van der Waals surface area (Å²) in [5, 5.41) is 8.34. The van der Waals surface area contributed by atoms with Crippen molar-refractivity contribution < 1.29 is 31.9 Å². The zero-order valence-electron chi connectivity index (χ0n) is 6.90. The number of carboxylic acid groups (broad SMARTS) is 1. The molecule has 0 saturated carbocycles. The number of hydrogen-bond donors (Lipinski definition) is 1. The van der Waals surface area contributed by atoms with Gasteiger partial charge in [0.1, 0.15) is 17.2 Å². The summed E-state index contributed by atoms with van der Waals surface area (Å²) in [5.74, 6) is -5.33. The number of hydrogen-bond acceptors (Lipinski definition) is 1. The summed E-state index contributed by atoms with van der Waals surface area (Å²) in [4.78, 5) is 10.3. The van der Waals surface area contributed by atoms with Crippen molar-refractivity contribution in [2.45, 2.75) is 6.18 Å². The molecule has 0 heterocycles. The van der Waals surface area contributed by atoms with Crippen LogP contribution in [0.2, 0.25) is 0 Å². The van der Waals surface area contributed by atoms with Crippen molar-refractivity contribution >= 4 is 5.97 Å². The van der Waals surface area contributed by atoms with E-state index in [0.29, 0.717) is 0 Å². The summed E-state index contributed by atoms with van der Waals surface area (Å²) in [6.07, 6.45) is -5.11. The van der Waals surface area contributed by atoms with Crippen LogP contribution < -0.4 is 0 Å². The molecule has 82 valence electrons. The maximum absolute atomic E-state index is 12.8. The van der Waals surface area contributed by atoms with Crippen molar-refractivity contribution in [3.8, 4) is 0 Å². The molecule has 0 fully saturated rings. The first-order chi connectivity index (χ1) is 6.73. The lowest BCUT2D eigenvalue weighted by Crippen LogP contribution is -2.15. The van der Waals surface area contributed by atoms with Gasteiger partial charge in [-0.3, -0.25) is 0 Å². The Morgan fingerprint density at radius 1 is 1.20 bits per heavy atom. The molecule has 7 heteroatoms. The minimum absolute atomic E-state index is 0.0630. The predicted octanol–water partition coefficient (Wildman–Crippen LogP) is 2.68. The quantitative estimate of drug-likeness (QED) is 0.747. The molecule has 0 aliphatic heterocycles. The highest BCUT2D eigenvalue weighted by atomic mass is 19.4. The van der Waals surface area contributed by atoms with Crippen molar-refractivity contribution in [2.75, 3.05) is 0 Å². The maximum atomic E-state index is 12.8. The van der Waals surface area contributed by atoms with Gasteiger partial charge in [0.25, 0.3) is 0 Å². The minimum Gasteiger partial charge on any atom is -0.478 e. The first-order valence-electron chi connectivity index (χ1n) is 3.53. The number of carbonyl (C=O) groups is 1. The molecule has 15 heavy (non-hydrogen) atoms. The number of carboxylic acids is 1. The summed E-state index contributed by atoms with van der Waals surface area (Å²) in [6.45, 7) is 0. The lowest BCUT2D eigenvalue weighted by molar-refractivity contribution is -0.138. The van der Waals surface area contributed by atoms with Gasteiger partial charge >= 0.3 is 12.1 Å². The normalized spacial score (nSPS) is 11.5. The smallest absolute Gasteiger partial charge is 0.417 e. The van der Waals surface area contributed by atoms with Crippen LogP contribution in [0, 0.1) is 11.6 Å². The Morgan fingerprint density at radius 2 is 1.73 bits per heavy atom. The highest BCUT2D eigenvalue weighted by Gasteiger charge is 2.37. The summed E-state index contributed by atoms with van der Waals surface area (Å²) in [5.41, 5.74) is -3.42. The molecule has 0 saturated heterocycles. The molecule has 1 N–H and O–H groups in total. The van der Waals surface area contributed by atoms with Crippen LogP contribution in [0.1, 0.15) is 15.9 Å². The van der Waals surface area contributed by atoms with E-state index in [1.165, 1.54) is 0 Å². The number of alkyl halides is 3. The van der Waals surface area contributed by atoms with Crippen molar-refractivity contribution in [1.29, 1.82) is 0 Å². The summed E-state index contributed by atoms with van der Waals surface area (Å²) in [7, 11) is 0. The Labute approximate surface area is 79.9 Å². The molecule has 2 nitrogen and oxygen atoms in total. The van der Waals surface area contributed by atoms with E-state index in [4.69, 9.17) is 5.11 Å². The van der Waals surface area contributed by atoms with E-state index >= 15 is 0 Å². The number of halogens is 5. The predicted molar refractivity (Wildman–Crippen MR) is 38.3 cm³/mol. The van der Waals surface area contributed by atoms with Crippen LogP contribution in [0.15, 0.2) is 12.1 Å². The Kier molecular flexibility index (Phi) is 2.65. The molecule has 0 aromatic heterocycles. The Hall–Kier alpha value is -1.66. The van der Waals surface area contributed by atoms with E-state index in [9.17, 15) is 26.7 Å². The van der Waals surface area contributed by atoms with Gasteiger partial charge in [0, 0.05) is 6.07 Å². The second kappa shape index (κ2) is 3.48. The van der Waals surface area contributed by atoms with Crippen LogP contribution in [-0.2, 0) is 6.18 Å². The lowest BCUT2D eigenvalue weighted by atomic mass is 10.1. The monoisotopic (exact) mass is 226 g/mol. The Balaban J connectivity index is 3.54. The van der Waals surface area contributed by atoms with Crippen LogP contribution in [-0.4, -0.2) is 11.1 Å². The molecule has 0 amide bonds. The van der Waals surface area contributed by atoms with E-state index in [1.807, 2.05) is 0 Å². The molecular formula is C8H3F5O2. The zero-order chi connectivity index (χ0) is 11.8. The van der Waals surface area contributed by atoms with Crippen LogP contribution in [0.3, 0.4) is 0 Å². The second-order valence-electron chi connectivity index (χ2n) is 2.61. The highest BCUT2D eigenvalue weighted by Crippen LogP contribution is 2.33. The van der Waals surface area contributed by atoms with Gasteiger partial charge in [-0.15, -0.1) is 0 Å². The first-order valence-corrected chi connectivity index (χ1v) is 3.53. The largest absolute Gasteiger partial charge is 0.478 e. The molecule has 0 aliphatic carbocycles. The SMILES string of the molecule is O=C(O)c1c(F)cc(F)cc1C(F)(F)F. The Morgan fingerprint density at radius 3 is 2.13 bits per heavy atom. The van der Waals surface area contributed by atoms with Crippen LogP contribution in [0.5, 0.6) is 0 Å². The molecule has 1 rings (SSSR count). The third-order valence-corrected chi connectivity index (χ3v) is 1.57. The molecule has 1 aromatic carbocycles. The van der Waals surface area contributed by atoms with E-state index in [-0.39, 0.29) is 12.1 Å². The van der Waals surface area contributed by atoms with Gasteiger partial charge in [-0.1, -0.05) is 0 Å². The maximum Gasteiger partial charge on any atom is 0.417 e.